The monoisotopic (exact) mass is 271 g/mol. The molecule has 0 saturated carbocycles. The first kappa shape index (κ1) is 14.0. The molecule has 1 atom stereocenters. The molecule has 0 spiro atoms. The van der Waals surface area contributed by atoms with Gasteiger partial charge in [0.15, 0.2) is 6.10 Å². The molecule has 18 heavy (non-hydrogen) atoms. The summed E-state index contributed by atoms with van der Waals surface area (Å²) in [7, 11) is -3.96. The molecular formula is C9H9N3O5S. The maximum Gasteiger partial charge on any atom is 0.333 e. The van der Waals surface area contributed by atoms with Gasteiger partial charge in [-0.2, -0.15) is 5.26 Å². The third kappa shape index (κ3) is 3.49. The van der Waals surface area contributed by atoms with Crippen molar-refractivity contribution in [1.29, 1.82) is 5.26 Å². The van der Waals surface area contributed by atoms with Crippen LogP contribution in [0.4, 0.5) is 0 Å². The van der Waals surface area contributed by atoms with Gasteiger partial charge in [-0.1, -0.05) is 0 Å². The molecule has 0 aliphatic rings. The predicted molar refractivity (Wildman–Crippen MR) is 57.8 cm³/mol. The largest absolute Gasteiger partial charge is 0.479 e. The molecule has 0 bridgehead atoms. The second kappa shape index (κ2) is 5.54. The zero-order chi connectivity index (χ0) is 13.8. The molecule has 0 fully saturated rings. The van der Waals surface area contributed by atoms with Crippen molar-refractivity contribution >= 4 is 16.0 Å². The normalized spacial score (nSPS) is 12.7. The molecule has 1 aromatic heterocycles. The SMILES string of the molecule is N#Cc1ccc(S(=O)(=O)NCC(O)C(=O)O)cn1. The zero-order valence-electron chi connectivity index (χ0n) is 8.94. The first-order chi connectivity index (χ1) is 8.36. The van der Waals surface area contributed by atoms with Crippen molar-refractivity contribution in [3.05, 3.63) is 24.0 Å². The number of carboxylic acids is 1. The van der Waals surface area contributed by atoms with Crippen molar-refractivity contribution in [2.45, 2.75) is 11.0 Å². The van der Waals surface area contributed by atoms with Crippen molar-refractivity contribution in [1.82, 2.24) is 9.71 Å². The lowest BCUT2D eigenvalue weighted by Gasteiger charge is -2.08. The summed E-state index contributed by atoms with van der Waals surface area (Å²) < 4.78 is 25.2. The first-order valence-corrected chi connectivity index (χ1v) is 6.12. The van der Waals surface area contributed by atoms with Crippen LogP contribution in [0.1, 0.15) is 5.69 Å². The second-order valence-electron chi connectivity index (χ2n) is 3.20. The van der Waals surface area contributed by atoms with Crippen LogP contribution in [0, 0.1) is 11.3 Å². The number of aliphatic hydroxyl groups is 1. The molecule has 96 valence electrons. The van der Waals surface area contributed by atoms with Gasteiger partial charge in [0.25, 0.3) is 0 Å². The topological polar surface area (TPSA) is 140 Å². The van der Waals surface area contributed by atoms with E-state index in [0.717, 1.165) is 12.3 Å². The fourth-order valence-electron chi connectivity index (χ4n) is 0.965. The number of sulfonamides is 1. The minimum Gasteiger partial charge on any atom is -0.479 e. The lowest BCUT2D eigenvalue weighted by molar-refractivity contribution is -0.146. The standard InChI is InChI=1S/C9H9N3O5S/c10-3-6-1-2-7(4-11-6)18(16,17)12-5-8(13)9(14)15/h1-2,4,8,12-13H,5H2,(H,14,15). The summed E-state index contributed by atoms with van der Waals surface area (Å²) in [5.41, 5.74) is 0.0551. The third-order valence-corrected chi connectivity index (χ3v) is 3.32. The van der Waals surface area contributed by atoms with E-state index in [9.17, 15) is 13.2 Å². The van der Waals surface area contributed by atoms with Gasteiger partial charge < -0.3 is 10.2 Å². The van der Waals surface area contributed by atoms with Gasteiger partial charge in [0.2, 0.25) is 10.0 Å². The second-order valence-corrected chi connectivity index (χ2v) is 4.96. The van der Waals surface area contributed by atoms with E-state index in [-0.39, 0.29) is 10.6 Å². The molecule has 1 heterocycles. The fourth-order valence-corrected chi connectivity index (χ4v) is 1.95. The van der Waals surface area contributed by atoms with Gasteiger partial charge in [-0.15, -0.1) is 0 Å². The predicted octanol–water partition coefficient (Wildman–Crippen LogP) is -1.32. The van der Waals surface area contributed by atoms with E-state index in [1.807, 2.05) is 4.72 Å². The van der Waals surface area contributed by atoms with Gasteiger partial charge in [-0.05, 0) is 12.1 Å². The third-order valence-electron chi connectivity index (χ3n) is 1.91. The van der Waals surface area contributed by atoms with Crippen LogP contribution >= 0.6 is 0 Å². The van der Waals surface area contributed by atoms with Crippen molar-refractivity contribution in [3.63, 3.8) is 0 Å². The molecule has 0 aliphatic heterocycles. The number of nitrogens with zero attached hydrogens (tertiary/aromatic N) is 2. The highest BCUT2D eigenvalue weighted by molar-refractivity contribution is 7.89. The maximum absolute atomic E-state index is 11.6. The number of carbonyl (C=O) groups is 1. The van der Waals surface area contributed by atoms with Crippen molar-refractivity contribution in [2.24, 2.45) is 0 Å². The van der Waals surface area contributed by atoms with E-state index >= 15 is 0 Å². The van der Waals surface area contributed by atoms with Gasteiger partial charge in [0.1, 0.15) is 16.7 Å². The summed E-state index contributed by atoms with van der Waals surface area (Å²) in [6, 6.07) is 4.09. The minimum absolute atomic E-state index is 0.0551. The number of carboxylic acid groups (broad SMARTS) is 1. The van der Waals surface area contributed by atoms with Crippen LogP contribution in [0.5, 0.6) is 0 Å². The zero-order valence-corrected chi connectivity index (χ0v) is 9.75. The number of pyridine rings is 1. The summed E-state index contributed by atoms with van der Waals surface area (Å²) in [6.07, 6.45) is -0.861. The molecule has 1 unspecified atom stereocenters. The van der Waals surface area contributed by atoms with E-state index < -0.39 is 28.6 Å². The van der Waals surface area contributed by atoms with Gasteiger partial charge in [0, 0.05) is 12.7 Å². The van der Waals surface area contributed by atoms with Crippen LogP contribution in [0.25, 0.3) is 0 Å². The number of aliphatic hydroxyl groups excluding tert-OH is 1. The Hall–Kier alpha value is -2.02. The summed E-state index contributed by atoms with van der Waals surface area (Å²) in [6.45, 7) is -0.655. The highest BCUT2D eigenvalue weighted by Crippen LogP contribution is 2.07. The van der Waals surface area contributed by atoms with E-state index in [2.05, 4.69) is 4.98 Å². The quantitative estimate of drug-likeness (QED) is 0.603. The highest BCUT2D eigenvalue weighted by Gasteiger charge is 2.19. The summed E-state index contributed by atoms with van der Waals surface area (Å²) >= 11 is 0. The average Bonchev–Trinajstić information content (AvgIpc) is 2.36. The number of aliphatic carboxylic acids is 1. The van der Waals surface area contributed by atoms with E-state index in [0.29, 0.717) is 0 Å². The Bertz CT molecular complexity index is 575. The molecule has 3 N–H and O–H groups in total. The minimum atomic E-state index is -3.96. The van der Waals surface area contributed by atoms with Crippen LogP contribution in [0.3, 0.4) is 0 Å². The molecule has 9 heteroatoms. The van der Waals surface area contributed by atoms with E-state index in [1.165, 1.54) is 6.07 Å². The Morgan fingerprint density at radius 1 is 1.56 bits per heavy atom. The molecule has 0 saturated heterocycles. The van der Waals surface area contributed by atoms with Gasteiger partial charge >= 0.3 is 5.97 Å². The molecule has 0 radical (unpaired) electrons. The Morgan fingerprint density at radius 2 is 2.22 bits per heavy atom. The summed E-state index contributed by atoms with van der Waals surface area (Å²) in [5, 5.41) is 25.8. The Morgan fingerprint density at radius 3 is 2.67 bits per heavy atom. The number of hydrogen-bond acceptors (Lipinski definition) is 6. The summed E-state index contributed by atoms with van der Waals surface area (Å²) in [5.74, 6) is -1.53. The molecule has 0 aliphatic carbocycles. The lowest BCUT2D eigenvalue weighted by atomic mass is 10.4. The Labute approximate surface area is 103 Å². The number of rotatable bonds is 5. The molecule has 1 aromatic rings. The van der Waals surface area contributed by atoms with Crippen LogP contribution < -0.4 is 4.72 Å². The van der Waals surface area contributed by atoms with Crippen LogP contribution in [0.2, 0.25) is 0 Å². The number of nitrogens with one attached hydrogen (secondary N) is 1. The van der Waals surface area contributed by atoms with Crippen molar-refractivity contribution in [3.8, 4) is 6.07 Å². The molecule has 1 rings (SSSR count). The van der Waals surface area contributed by atoms with E-state index in [1.54, 1.807) is 6.07 Å². The fraction of sp³-hybridized carbons (Fsp3) is 0.222. The number of aromatic nitrogens is 1. The number of hydrogen-bond donors (Lipinski definition) is 3. The Kier molecular flexibility index (Phi) is 4.33. The lowest BCUT2D eigenvalue weighted by Crippen LogP contribution is -2.36. The van der Waals surface area contributed by atoms with Crippen LogP contribution in [0.15, 0.2) is 23.2 Å². The first-order valence-electron chi connectivity index (χ1n) is 4.63. The molecule has 0 aromatic carbocycles. The van der Waals surface area contributed by atoms with Gasteiger partial charge in [0.05, 0.1) is 0 Å². The van der Waals surface area contributed by atoms with Crippen molar-refractivity contribution in [2.75, 3.05) is 6.54 Å². The van der Waals surface area contributed by atoms with Crippen LogP contribution in [-0.2, 0) is 14.8 Å². The summed E-state index contributed by atoms with van der Waals surface area (Å²) in [4.78, 5) is 13.6. The maximum atomic E-state index is 11.6. The average molecular weight is 271 g/mol. The van der Waals surface area contributed by atoms with Gasteiger partial charge in [-0.3, -0.25) is 0 Å². The van der Waals surface area contributed by atoms with E-state index in [4.69, 9.17) is 15.5 Å². The Balaban J connectivity index is 2.80. The molecule has 0 amide bonds. The van der Waals surface area contributed by atoms with Crippen LogP contribution in [-0.4, -0.2) is 42.2 Å². The van der Waals surface area contributed by atoms with Crippen molar-refractivity contribution < 1.29 is 23.4 Å². The number of nitriles is 1. The smallest absolute Gasteiger partial charge is 0.333 e. The van der Waals surface area contributed by atoms with Gasteiger partial charge in [-0.25, -0.2) is 22.9 Å². The molecule has 8 nitrogen and oxygen atoms in total. The molecular weight excluding hydrogens is 262 g/mol. The highest BCUT2D eigenvalue weighted by atomic mass is 32.2.